The number of anilines is 1. The minimum atomic E-state index is -0.384. The zero-order chi connectivity index (χ0) is 18.0. The Bertz CT molecular complexity index is 702. The first-order valence-electron chi connectivity index (χ1n) is 8.52. The van der Waals surface area contributed by atoms with Crippen LogP contribution in [0.1, 0.15) is 24.8 Å². The van der Waals surface area contributed by atoms with E-state index in [0.717, 1.165) is 17.7 Å². The number of carbonyl (C=O) groups excluding carboxylic acids is 3. The molecule has 0 aliphatic carbocycles. The SMILES string of the molecule is CN(C)C(=O)C1CCCN1C(=O)COc1ccc2c(c1)CCC(=O)N2. The maximum absolute atomic E-state index is 12.5. The van der Waals surface area contributed by atoms with E-state index in [-0.39, 0.29) is 30.4 Å². The van der Waals surface area contributed by atoms with Crippen LogP contribution in [0.15, 0.2) is 18.2 Å². The van der Waals surface area contributed by atoms with Crippen LogP contribution in [0.5, 0.6) is 5.75 Å². The van der Waals surface area contributed by atoms with Gasteiger partial charge in [-0.25, -0.2) is 0 Å². The maximum atomic E-state index is 12.5. The Kier molecular flexibility index (Phi) is 4.92. The summed E-state index contributed by atoms with van der Waals surface area (Å²) in [5.41, 5.74) is 1.80. The Hall–Kier alpha value is -2.57. The van der Waals surface area contributed by atoms with Crippen molar-refractivity contribution in [2.24, 2.45) is 0 Å². The van der Waals surface area contributed by atoms with Gasteiger partial charge in [-0.2, -0.15) is 0 Å². The van der Waals surface area contributed by atoms with Gasteiger partial charge in [-0.15, -0.1) is 0 Å². The number of rotatable bonds is 4. The molecule has 2 aliphatic rings. The van der Waals surface area contributed by atoms with Crippen LogP contribution < -0.4 is 10.1 Å². The van der Waals surface area contributed by atoms with Gasteiger partial charge in [-0.05, 0) is 43.0 Å². The van der Waals surface area contributed by atoms with Gasteiger partial charge in [-0.3, -0.25) is 14.4 Å². The average molecular weight is 345 g/mol. The van der Waals surface area contributed by atoms with Crippen LogP contribution in [-0.4, -0.2) is 60.8 Å². The lowest BCUT2D eigenvalue weighted by molar-refractivity contribution is -0.143. The minimum Gasteiger partial charge on any atom is -0.484 e. The summed E-state index contributed by atoms with van der Waals surface area (Å²) in [6.45, 7) is 0.491. The second kappa shape index (κ2) is 7.13. The fourth-order valence-corrected chi connectivity index (χ4v) is 3.30. The summed E-state index contributed by atoms with van der Waals surface area (Å²) in [5, 5.41) is 2.81. The molecule has 3 rings (SSSR count). The first kappa shape index (κ1) is 17.3. The monoisotopic (exact) mass is 345 g/mol. The summed E-state index contributed by atoms with van der Waals surface area (Å²) in [6.07, 6.45) is 2.64. The Balaban J connectivity index is 1.61. The van der Waals surface area contributed by atoms with Crippen LogP contribution in [0.2, 0.25) is 0 Å². The molecule has 25 heavy (non-hydrogen) atoms. The van der Waals surface area contributed by atoms with Crippen molar-refractivity contribution in [2.45, 2.75) is 31.7 Å². The van der Waals surface area contributed by atoms with Crippen LogP contribution in [0.3, 0.4) is 0 Å². The van der Waals surface area contributed by atoms with Crippen LogP contribution in [0, 0.1) is 0 Å². The Morgan fingerprint density at radius 1 is 1.32 bits per heavy atom. The lowest BCUT2D eigenvalue weighted by Gasteiger charge is -2.26. The van der Waals surface area contributed by atoms with Crippen LogP contribution in [-0.2, 0) is 20.8 Å². The van der Waals surface area contributed by atoms with Crippen molar-refractivity contribution in [3.05, 3.63) is 23.8 Å². The number of ether oxygens (including phenoxy) is 1. The maximum Gasteiger partial charge on any atom is 0.261 e. The zero-order valence-electron chi connectivity index (χ0n) is 14.6. The Morgan fingerprint density at radius 3 is 2.88 bits per heavy atom. The standard InChI is InChI=1S/C18H23N3O4/c1-20(2)18(24)15-4-3-9-21(15)17(23)11-25-13-6-7-14-12(10-13)5-8-16(22)19-14/h6-7,10,15H,3-5,8-9,11H2,1-2H3,(H,19,22). The van der Waals surface area contributed by atoms with E-state index >= 15 is 0 Å². The second-order valence-electron chi connectivity index (χ2n) is 6.63. The van der Waals surface area contributed by atoms with Crippen molar-refractivity contribution < 1.29 is 19.1 Å². The summed E-state index contributed by atoms with van der Waals surface area (Å²) < 4.78 is 5.63. The summed E-state index contributed by atoms with van der Waals surface area (Å²) in [7, 11) is 3.40. The third kappa shape index (κ3) is 3.75. The van der Waals surface area contributed by atoms with E-state index in [1.807, 2.05) is 6.07 Å². The van der Waals surface area contributed by atoms with Crippen molar-refractivity contribution in [2.75, 3.05) is 32.6 Å². The number of likely N-dealkylation sites (tertiary alicyclic amines) is 1. The fourth-order valence-electron chi connectivity index (χ4n) is 3.30. The highest BCUT2D eigenvalue weighted by atomic mass is 16.5. The molecule has 134 valence electrons. The number of hydrogen-bond acceptors (Lipinski definition) is 4. The third-order valence-corrected chi connectivity index (χ3v) is 4.63. The van der Waals surface area contributed by atoms with E-state index < -0.39 is 0 Å². The molecule has 0 spiro atoms. The largest absolute Gasteiger partial charge is 0.484 e. The number of nitrogens with one attached hydrogen (secondary N) is 1. The predicted molar refractivity (Wildman–Crippen MR) is 92.3 cm³/mol. The molecule has 0 radical (unpaired) electrons. The van der Waals surface area contributed by atoms with Crippen molar-refractivity contribution in [3.8, 4) is 5.75 Å². The highest BCUT2D eigenvalue weighted by Crippen LogP contribution is 2.27. The fraction of sp³-hybridized carbons (Fsp3) is 0.500. The first-order valence-corrected chi connectivity index (χ1v) is 8.52. The molecule has 1 saturated heterocycles. The summed E-state index contributed by atoms with van der Waals surface area (Å²) >= 11 is 0. The van der Waals surface area contributed by atoms with Gasteiger partial charge in [0.15, 0.2) is 6.61 Å². The Morgan fingerprint density at radius 2 is 2.12 bits per heavy atom. The van der Waals surface area contributed by atoms with Crippen molar-refractivity contribution in [1.29, 1.82) is 0 Å². The molecule has 1 unspecified atom stereocenters. The lowest BCUT2D eigenvalue weighted by Crippen LogP contribution is -2.46. The minimum absolute atomic E-state index is 0.0157. The summed E-state index contributed by atoms with van der Waals surface area (Å²) in [5.74, 6) is 0.388. The van der Waals surface area contributed by atoms with E-state index in [4.69, 9.17) is 4.74 Å². The highest BCUT2D eigenvalue weighted by molar-refractivity contribution is 5.94. The van der Waals surface area contributed by atoms with Gasteiger partial charge in [0.25, 0.3) is 5.91 Å². The van der Waals surface area contributed by atoms with Crippen molar-refractivity contribution >= 4 is 23.4 Å². The molecule has 1 aromatic rings. The van der Waals surface area contributed by atoms with E-state index in [1.54, 1.807) is 31.1 Å². The molecule has 3 amide bonds. The molecule has 2 aliphatic heterocycles. The molecule has 7 heteroatoms. The lowest BCUT2D eigenvalue weighted by atomic mass is 10.0. The number of likely N-dealkylation sites (N-methyl/N-ethyl adjacent to an activating group) is 1. The predicted octanol–water partition coefficient (Wildman–Crippen LogP) is 1.03. The molecule has 1 aromatic carbocycles. The van der Waals surface area contributed by atoms with Gasteiger partial charge in [-0.1, -0.05) is 0 Å². The molecule has 0 aromatic heterocycles. The van der Waals surface area contributed by atoms with Crippen LogP contribution >= 0.6 is 0 Å². The van der Waals surface area contributed by atoms with E-state index in [1.165, 1.54) is 4.90 Å². The van der Waals surface area contributed by atoms with Gasteiger partial charge >= 0.3 is 0 Å². The quantitative estimate of drug-likeness (QED) is 0.884. The molecular weight excluding hydrogens is 322 g/mol. The van der Waals surface area contributed by atoms with Crippen molar-refractivity contribution in [1.82, 2.24) is 9.80 Å². The molecule has 1 fully saturated rings. The number of fused-ring (bicyclic) bond motifs is 1. The van der Waals surface area contributed by atoms with Crippen LogP contribution in [0.4, 0.5) is 5.69 Å². The number of carbonyl (C=O) groups is 3. The molecular formula is C18H23N3O4. The van der Waals surface area contributed by atoms with Gasteiger partial charge in [0.05, 0.1) is 0 Å². The summed E-state index contributed by atoms with van der Waals surface area (Å²) in [4.78, 5) is 39.2. The third-order valence-electron chi connectivity index (χ3n) is 4.63. The van der Waals surface area contributed by atoms with Gasteiger partial charge in [0, 0.05) is 32.7 Å². The highest BCUT2D eigenvalue weighted by Gasteiger charge is 2.34. The first-order chi connectivity index (χ1) is 12.0. The number of aryl methyl sites for hydroxylation is 1. The van der Waals surface area contributed by atoms with Crippen molar-refractivity contribution in [3.63, 3.8) is 0 Å². The summed E-state index contributed by atoms with van der Waals surface area (Å²) in [6, 6.07) is 5.00. The zero-order valence-corrected chi connectivity index (χ0v) is 14.6. The molecule has 7 nitrogen and oxygen atoms in total. The number of benzene rings is 1. The van der Waals surface area contributed by atoms with E-state index in [0.29, 0.717) is 31.6 Å². The second-order valence-corrected chi connectivity index (χ2v) is 6.63. The van der Waals surface area contributed by atoms with Crippen LogP contribution in [0.25, 0.3) is 0 Å². The average Bonchev–Trinajstić information content (AvgIpc) is 3.08. The molecule has 2 heterocycles. The smallest absolute Gasteiger partial charge is 0.261 e. The Labute approximate surface area is 146 Å². The number of nitrogens with zero attached hydrogens (tertiary/aromatic N) is 2. The van der Waals surface area contributed by atoms with E-state index in [9.17, 15) is 14.4 Å². The molecule has 0 bridgehead atoms. The topological polar surface area (TPSA) is 79.0 Å². The molecule has 1 atom stereocenters. The van der Waals surface area contributed by atoms with Gasteiger partial charge in [0.2, 0.25) is 11.8 Å². The van der Waals surface area contributed by atoms with Gasteiger partial charge in [0.1, 0.15) is 11.8 Å². The number of hydrogen-bond donors (Lipinski definition) is 1. The van der Waals surface area contributed by atoms with Gasteiger partial charge < -0.3 is 19.9 Å². The molecule has 1 N–H and O–H groups in total. The molecule has 0 saturated carbocycles. The van der Waals surface area contributed by atoms with E-state index in [2.05, 4.69) is 5.32 Å². The number of amides is 3. The normalized spacial score (nSPS) is 19.2.